The first-order chi connectivity index (χ1) is 8.45. The van der Waals surface area contributed by atoms with Gasteiger partial charge in [-0.05, 0) is 31.0 Å². The zero-order valence-electron chi connectivity index (χ0n) is 10.4. The SMILES string of the molecule is CCC(CC)(NC(=O)c1cccc(F)c1)C(=O)O. The number of benzene rings is 1. The Balaban J connectivity index is 2.95. The van der Waals surface area contributed by atoms with Crippen LogP contribution in [0.2, 0.25) is 0 Å². The van der Waals surface area contributed by atoms with Gasteiger partial charge < -0.3 is 10.4 Å². The van der Waals surface area contributed by atoms with Crippen molar-refractivity contribution in [1.29, 1.82) is 0 Å². The summed E-state index contributed by atoms with van der Waals surface area (Å²) >= 11 is 0. The van der Waals surface area contributed by atoms with E-state index in [-0.39, 0.29) is 18.4 Å². The topological polar surface area (TPSA) is 66.4 Å². The fourth-order valence-electron chi connectivity index (χ4n) is 1.70. The van der Waals surface area contributed by atoms with Gasteiger partial charge in [-0.2, -0.15) is 0 Å². The van der Waals surface area contributed by atoms with E-state index in [4.69, 9.17) is 0 Å². The summed E-state index contributed by atoms with van der Waals surface area (Å²) in [5, 5.41) is 11.7. The highest BCUT2D eigenvalue weighted by atomic mass is 19.1. The highest BCUT2D eigenvalue weighted by molar-refractivity contribution is 5.97. The number of amides is 1. The number of hydrogen-bond acceptors (Lipinski definition) is 2. The lowest BCUT2D eigenvalue weighted by Crippen LogP contribution is -2.53. The number of carboxylic acids is 1. The largest absolute Gasteiger partial charge is 0.480 e. The van der Waals surface area contributed by atoms with Gasteiger partial charge >= 0.3 is 5.97 Å². The summed E-state index contributed by atoms with van der Waals surface area (Å²) in [7, 11) is 0. The first kappa shape index (κ1) is 14.2. The van der Waals surface area contributed by atoms with E-state index in [9.17, 15) is 19.1 Å². The van der Waals surface area contributed by atoms with Crippen LogP contribution in [0.5, 0.6) is 0 Å². The van der Waals surface area contributed by atoms with Crippen molar-refractivity contribution < 1.29 is 19.1 Å². The number of hydrogen-bond donors (Lipinski definition) is 2. The normalized spacial score (nSPS) is 11.1. The third-order valence-corrected chi connectivity index (χ3v) is 3.06. The second-order valence-electron chi connectivity index (χ2n) is 4.06. The molecule has 5 heteroatoms. The van der Waals surface area contributed by atoms with Crippen LogP contribution in [-0.2, 0) is 4.79 Å². The fraction of sp³-hybridized carbons (Fsp3) is 0.385. The van der Waals surface area contributed by atoms with Crippen molar-refractivity contribution in [2.24, 2.45) is 0 Å². The molecule has 0 saturated carbocycles. The van der Waals surface area contributed by atoms with Crippen LogP contribution in [0.3, 0.4) is 0 Å². The average molecular weight is 253 g/mol. The minimum atomic E-state index is -1.30. The lowest BCUT2D eigenvalue weighted by molar-refractivity contribution is -0.144. The maximum atomic E-state index is 13.0. The third-order valence-electron chi connectivity index (χ3n) is 3.06. The van der Waals surface area contributed by atoms with Crippen molar-refractivity contribution in [3.8, 4) is 0 Å². The van der Waals surface area contributed by atoms with Gasteiger partial charge in [0, 0.05) is 5.56 Å². The quantitative estimate of drug-likeness (QED) is 0.845. The molecular formula is C13H16FNO3. The minimum Gasteiger partial charge on any atom is -0.480 e. The summed E-state index contributed by atoms with van der Waals surface area (Å²) in [4.78, 5) is 23.1. The van der Waals surface area contributed by atoms with Crippen molar-refractivity contribution in [2.45, 2.75) is 32.2 Å². The Morgan fingerprint density at radius 3 is 2.39 bits per heavy atom. The Kier molecular flexibility index (Phi) is 4.42. The molecule has 0 aliphatic heterocycles. The zero-order chi connectivity index (χ0) is 13.8. The Morgan fingerprint density at radius 1 is 1.33 bits per heavy atom. The maximum absolute atomic E-state index is 13.0. The summed E-state index contributed by atoms with van der Waals surface area (Å²) in [5.41, 5.74) is -1.19. The maximum Gasteiger partial charge on any atom is 0.329 e. The summed E-state index contributed by atoms with van der Waals surface area (Å²) in [6.45, 7) is 3.37. The zero-order valence-corrected chi connectivity index (χ0v) is 10.4. The molecule has 0 spiro atoms. The third kappa shape index (κ3) is 2.85. The van der Waals surface area contributed by atoms with Crippen LogP contribution in [0.4, 0.5) is 4.39 Å². The predicted octanol–water partition coefficient (Wildman–Crippen LogP) is 2.20. The lowest BCUT2D eigenvalue weighted by Gasteiger charge is -2.28. The first-order valence-corrected chi connectivity index (χ1v) is 5.76. The van der Waals surface area contributed by atoms with Gasteiger partial charge in [0.1, 0.15) is 11.4 Å². The highest BCUT2D eigenvalue weighted by Crippen LogP contribution is 2.16. The Labute approximate surface area is 105 Å². The number of aliphatic carboxylic acids is 1. The minimum absolute atomic E-state index is 0.113. The average Bonchev–Trinajstić information content (AvgIpc) is 2.35. The van der Waals surface area contributed by atoms with Crippen molar-refractivity contribution in [3.05, 3.63) is 35.6 Å². The van der Waals surface area contributed by atoms with Crippen molar-refractivity contribution in [2.75, 3.05) is 0 Å². The second kappa shape index (κ2) is 5.62. The standard InChI is InChI=1S/C13H16FNO3/c1-3-13(4-2,12(17)18)15-11(16)9-6-5-7-10(14)8-9/h5-8H,3-4H2,1-2H3,(H,15,16)(H,17,18). The molecule has 0 radical (unpaired) electrons. The van der Waals surface area contributed by atoms with Gasteiger partial charge in [-0.15, -0.1) is 0 Å². The molecule has 1 rings (SSSR count). The molecule has 4 nitrogen and oxygen atoms in total. The van der Waals surface area contributed by atoms with Crippen LogP contribution >= 0.6 is 0 Å². The van der Waals surface area contributed by atoms with Gasteiger partial charge in [-0.1, -0.05) is 19.9 Å². The molecular weight excluding hydrogens is 237 g/mol. The molecule has 0 atom stereocenters. The van der Waals surface area contributed by atoms with Gasteiger partial charge in [0.15, 0.2) is 0 Å². The van der Waals surface area contributed by atoms with E-state index in [0.29, 0.717) is 0 Å². The van der Waals surface area contributed by atoms with Gasteiger partial charge in [0.05, 0.1) is 0 Å². The van der Waals surface area contributed by atoms with Crippen LogP contribution in [0.1, 0.15) is 37.0 Å². The molecule has 0 fully saturated rings. The molecule has 1 amide bonds. The molecule has 0 aliphatic rings. The molecule has 2 N–H and O–H groups in total. The van der Waals surface area contributed by atoms with Gasteiger partial charge in [-0.3, -0.25) is 4.79 Å². The van der Waals surface area contributed by atoms with E-state index in [1.807, 2.05) is 0 Å². The van der Waals surface area contributed by atoms with Crippen LogP contribution in [0.15, 0.2) is 24.3 Å². The van der Waals surface area contributed by atoms with Crippen LogP contribution in [0, 0.1) is 5.82 Å². The Bertz CT molecular complexity index is 455. The smallest absolute Gasteiger partial charge is 0.329 e. The van der Waals surface area contributed by atoms with E-state index in [1.165, 1.54) is 18.2 Å². The molecule has 0 aliphatic carbocycles. The Hall–Kier alpha value is -1.91. The molecule has 1 aromatic carbocycles. The molecule has 0 aromatic heterocycles. The summed E-state index contributed by atoms with van der Waals surface area (Å²) < 4.78 is 13.0. The summed E-state index contributed by atoms with van der Waals surface area (Å²) in [6.07, 6.45) is 0.528. The summed E-state index contributed by atoms with van der Waals surface area (Å²) in [5.74, 6) is -2.20. The number of rotatable bonds is 5. The lowest BCUT2D eigenvalue weighted by atomic mass is 9.92. The first-order valence-electron chi connectivity index (χ1n) is 5.76. The van der Waals surface area contributed by atoms with Crippen molar-refractivity contribution in [3.63, 3.8) is 0 Å². The molecule has 98 valence electrons. The van der Waals surface area contributed by atoms with E-state index in [0.717, 1.165) is 6.07 Å². The molecule has 18 heavy (non-hydrogen) atoms. The number of carbonyl (C=O) groups excluding carboxylic acids is 1. The predicted molar refractivity (Wildman–Crippen MR) is 64.8 cm³/mol. The number of carboxylic acid groups (broad SMARTS) is 1. The Morgan fingerprint density at radius 2 is 1.94 bits per heavy atom. The van der Waals surface area contributed by atoms with Crippen molar-refractivity contribution in [1.82, 2.24) is 5.32 Å². The van der Waals surface area contributed by atoms with Gasteiger partial charge in [0.2, 0.25) is 0 Å². The number of nitrogens with one attached hydrogen (secondary N) is 1. The number of halogens is 1. The summed E-state index contributed by atoms with van der Waals surface area (Å²) in [6, 6.07) is 5.15. The van der Waals surface area contributed by atoms with Crippen LogP contribution in [-0.4, -0.2) is 22.5 Å². The van der Waals surface area contributed by atoms with Crippen molar-refractivity contribution >= 4 is 11.9 Å². The van der Waals surface area contributed by atoms with Gasteiger partial charge in [0.25, 0.3) is 5.91 Å². The highest BCUT2D eigenvalue weighted by Gasteiger charge is 2.36. The van der Waals surface area contributed by atoms with E-state index in [1.54, 1.807) is 13.8 Å². The molecule has 0 saturated heterocycles. The molecule has 1 aromatic rings. The van der Waals surface area contributed by atoms with Gasteiger partial charge in [-0.25, -0.2) is 9.18 Å². The van der Waals surface area contributed by atoms with Crippen LogP contribution in [0.25, 0.3) is 0 Å². The van der Waals surface area contributed by atoms with E-state index >= 15 is 0 Å². The molecule has 0 bridgehead atoms. The van der Waals surface area contributed by atoms with Crippen LogP contribution < -0.4 is 5.32 Å². The second-order valence-corrected chi connectivity index (χ2v) is 4.06. The molecule has 0 heterocycles. The van der Waals surface area contributed by atoms with E-state index in [2.05, 4.69) is 5.32 Å². The number of carbonyl (C=O) groups is 2. The van der Waals surface area contributed by atoms with E-state index < -0.39 is 23.2 Å². The molecule has 0 unspecified atom stereocenters. The monoisotopic (exact) mass is 253 g/mol. The fourth-order valence-corrected chi connectivity index (χ4v) is 1.70.